The van der Waals surface area contributed by atoms with Gasteiger partial charge in [-0.25, -0.2) is 0 Å². The van der Waals surface area contributed by atoms with E-state index in [1.807, 2.05) is 53.4 Å². The highest BCUT2D eigenvalue weighted by Crippen LogP contribution is 2.35. The molecule has 0 atom stereocenters. The molecule has 1 heterocycles. The number of para-hydroxylation sites is 1. The largest absolute Gasteiger partial charge is 0.457 e. The fourth-order valence-electron chi connectivity index (χ4n) is 4.58. The number of amides is 2. The Morgan fingerprint density at radius 1 is 0.875 bits per heavy atom. The lowest BCUT2D eigenvalue weighted by Gasteiger charge is -2.21. The van der Waals surface area contributed by atoms with Gasteiger partial charge in [0.25, 0.3) is 5.91 Å². The van der Waals surface area contributed by atoms with Crippen molar-refractivity contribution in [1.82, 2.24) is 0 Å². The van der Waals surface area contributed by atoms with Crippen molar-refractivity contribution >= 4 is 23.2 Å². The minimum atomic E-state index is -0.192. The summed E-state index contributed by atoms with van der Waals surface area (Å²) in [5.41, 5.74) is 3.34. The lowest BCUT2D eigenvalue weighted by atomic mass is 10.1. The second-order valence-electron chi connectivity index (χ2n) is 8.46. The van der Waals surface area contributed by atoms with Crippen LogP contribution in [0.2, 0.25) is 0 Å². The number of hydrogen-bond acceptors (Lipinski definition) is 3. The van der Waals surface area contributed by atoms with Crippen LogP contribution in [-0.4, -0.2) is 18.4 Å². The van der Waals surface area contributed by atoms with Crippen molar-refractivity contribution in [2.45, 2.75) is 32.1 Å². The van der Waals surface area contributed by atoms with E-state index in [-0.39, 0.29) is 17.7 Å². The van der Waals surface area contributed by atoms with Crippen LogP contribution in [0.4, 0.5) is 11.4 Å². The van der Waals surface area contributed by atoms with Gasteiger partial charge < -0.3 is 15.0 Å². The van der Waals surface area contributed by atoms with Gasteiger partial charge in [-0.3, -0.25) is 9.59 Å². The zero-order valence-electron chi connectivity index (χ0n) is 17.9. The van der Waals surface area contributed by atoms with Gasteiger partial charge in [0.2, 0.25) is 5.91 Å². The molecular weight excluding hydrogens is 400 g/mol. The van der Waals surface area contributed by atoms with E-state index in [2.05, 4.69) is 5.32 Å². The normalized spacial score (nSPS) is 15.4. The fourth-order valence-corrected chi connectivity index (χ4v) is 4.58. The molecule has 1 aliphatic carbocycles. The second-order valence-corrected chi connectivity index (χ2v) is 8.46. The summed E-state index contributed by atoms with van der Waals surface area (Å²) >= 11 is 0. The topological polar surface area (TPSA) is 58.6 Å². The number of benzene rings is 3. The summed E-state index contributed by atoms with van der Waals surface area (Å²) in [6.07, 6.45) is 5.13. The van der Waals surface area contributed by atoms with Crippen molar-refractivity contribution in [3.63, 3.8) is 0 Å². The second kappa shape index (κ2) is 8.87. The summed E-state index contributed by atoms with van der Waals surface area (Å²) in [5.74, 6) is 1.61. The average molecular weight is 427 g/mol. The summed E-state index contributed by atoms with van der Waals surface area (Å²) in [5, 5.41) is 2.97. The predicted octanol–water partition coefficient (Wildman–Crippen LogP) is 5.81. The van der Waals surface area contributed by atoms with Crippen molar-refractivity contribution in [3.8, 4) is 11.5 Å². The molecule has 1 N–H and O–H groups in total. The van der Waals surface area contributed by atoms with Gasteiger partial charge in [0.15, 0.2) is 0 Å². The van der Waals surface area contributed by atoms with Crippen LogP contribution in [0.3, 0.4) is 0 Å². The number of carbonyl (C=O) groups excluding carboxylic acids is 2. The standard InChI is InChI=1S/C27H26N2O3/c30-26(20-11-14-24(15-12-20)32-23-8-2-1-3-9-23)28-22-13-10-19-16-17-29(25(19)18-22)27(31)21-6-4-5-7-21/h1-3,8-15,18,21H,4-7,16-17H2,(H,28,30). The minimum absolute atomic E-state index is 0.149. The van der Waals surface area contributed by atoms with Gasteiger partial charge in [0, 0.05) is 29.4 Å². The molecule has 2 aliphatic rings. The van der Waals surface area contributed by atoms with Gasteiger partial charge in [0.05, 0.1) is 0 Å². The summed E-state index contributed by atoms with van der Waals surface area (Å²) < 4.78 is 5.79. The third-order valence-electron chi connectivity index (χ3n) is 6.30. The van der Waals surface area contributed by atoms with E-state index in [0.29, 0.717) is 17.0 Å². The predicted molar refractivity (Wildman–Crippen MR) is 125 cm³/mol. The molecule has 5 rings (SSSR count). The van der Waals surface area contributed by atoms with Crippen molar-refractivity contribution in [2.24, 2.45) is 5.92 Å². The molecular formula is C27H26N2O3. The van der Waals surface area contributed by atoms with Gasteiger partial charge in [-0.05, 0) is 73.4 Å². The van der Waals surface area contributed by atoms with E-state index in [1.54, 1.807) is 24.3 Å². The molecule has 0 aromatic heterocycles. The van der Waals surface area contributed by atoms with E-state index in [4.69, 9.17) is 4.74 Å². The van der Waals surface area contributed by atoms with Crippen LogP contribution < -0.4 is 15.0 Å². The Hall–Kier alpha value is -3.60. The first-order valence-corrected chi connectivity index (χ1v) is 11.3. The lowest BCUT2D eigenvalue weighted by molar-refractivity contribution is -0.122. The Bertz CT molecular complexity index is 1120. The molecule has 3 aromatic rings. The summed E-state index contributed by atoms with van der Waals surface area (Å²) in [6.45, 7) is 0.727. The summed E-state index contributed by atoms with van der Waals surface area (Å²) in [4.78, 5) is 27.6. The van der Waals surface area contributed by atoms with E-state index < -0.39 is 0 Å². The van der Waals surface area contributed by atoms with Gasteiger partial charge in [-0.15, -0.1) is 0 Å². The van der Waals surface area contributed by atoms with Crippen LogP contribution in [-0.2, 0) is 11.2 Å². The molecule has 1 aliphatic heterocycles. The molecule has 32 heavy (non-hydrogen) atoms. The first-order valence-electron chi connectivity index (χ1n) is 11.3. The molecule has 0 unspecified atom stereocenters. The molecule has 0 bridgehead atoms. The fraction of sp³-hybridized carbons (Fsp3) is 0.259. The van der Waals surface area contributed by atoms with Gasteiger partial charge >= 0.3 is 0 Å². The first-order chi connectivity index (χ1) is 15.7. The van der Waals surface area contributed by atoms with Crippen LogP contribution in [0.25, 0.3) is 0 Å². The third-order valence-corrected chi connectivity index (χ3v) is 6.30. The SMILES string of the molecule is O=C(Nc1ccc2c(c1)N(C(=O)C1CCCC1)CC2)c1ccc(Oc2ccccc2)cc1. The van der Waals surface area contributed by atoms with Crippen molar-refractivity contribution in [3.05, 3.63) is 83.9 Å². The summed E-state index contributed by atoms with van der Waals surface area (Å²) in [7, 11) is 0. The lowest BCUT2D eigenvalue weighted by Crippen LogP contribution is -2.33. The monoisotopic (exact) mass is 426 g/mol. The average Bonchev–Trinajstić information content (AvgIpc) is 3.50. The number of anilines is 2. The number of ether oxygens (including phenoxy) is 1. The molecule has 162 valence electrons. The van der Waals surface area contributed by atoms with E-state index in [1.165, 1.54) is 0 Å². The Labute approximate surface area is 188 Å². The molecule has 0 spiro atoms. The number of nitrogens with one attached hydrogen (secondary N) is 1. The van der Waals surface area contributed by atoms with E-state index >= 15 is 0 Å². The molecule has 3 aromatic carbocycles. The third kappa shape index (κ3) is 4.24. The van der Waals surface area contributed by atoms with Crippen LogP contribution in [0, 0.1) is 5.92 Å². The molecule has 1 saturated carbocycles. The maximum atomic E-state index is 13.0. The highest BCUT2D eigenvalue weighted by molar-refractivity contribution is 6.05. The van der Waals surface area contributed by atoms with Crippen LogP contribution in [0.1, 0.15) is 41.6 Å². The maximum Gasteiger partial charge on any atom is 0.255 e. The first kappa shape index (κ1) is 20.3. The Morgan fingerprint density at radius 3 is 2.34 bits per heavy atom. The molecule has 0 radical (unpaired) electrons. The van der Waals surface area contributed by atoms with Crippen LogP contribution in [0.5, 0.6) is 11.5 Å². The molecule has 5 nitrogen and oxygen atoms in total. The molecule has 0 saturated heterocycles. The van der Waals surface area contributed by atoms with Crippen molar-refractivity contribution in [2.75, 3.05) is 16.8 Å². The van der Waals surface area contributed by atoms with Crippen LogP contribution >= 0.6 is 0 Å². The smallest absolute Gasteiger partial charge is 0.255 e. The van der Waals surface area contributed by atoms with Crippen molar-refractivity contribution in [1.29, 1.82) is 0 Å². The number of carbonyl (C=O) groups is 2. The van der Waals surface area contributed by atoms with Crippen LogP contribution in [0.15, 0.2) is 72.8 Å². The molecule has 2 amide bonds. The molecule has 5 heteroatoms. The number of rotatable bonds is 5. The van der Waals surface area contributed by atoms with Crippen molar-refractivity contribution < 1.29 is 14.3 Å². The number of hydrogen-bond donors (Lipinski definition) is 1. The summed E-state index contributed by atoms with van der Waals surface area (Å²) in [6, 6.07) is 22.4. The quantitative estimate of drug-likeness (QED) is 0.560. The Morgan fingerprint density at radius 2 is 1.59 bits per heavy atom. The molecule has 1 fully saturated rings. The highest BCUT2D eigenvalue weighted by atomic mass is 16.5. The maximum absolute atomic E-state index is 13.0. The van der Waals surface area contributed by atoms with Gasteiger partial charge in [-0.1, -0.05) is 37.1 Å². The van der Waals surface area contributed by atoms with E-state index in [0.717, 1.165) is 55.6 Å². The number of nitrogens with zero attached hydrogens (tertiary/aromatic N) is 1. The zero-order valence-corrected chi connectivity index (χ0v) is 17.9. The van der Waals surface area contributed by atoms with Gasteiger partial charge in [0.1, 0.15) is 11.5 Å². The Kier molecular flexibility index (Phi) is 5.63. The van der Waals surface area contributed by atoms with E-state index in [9.17, 15) is 9.59 Å². The minimum Gasteiger partial charge on any atom is -0.457 e. The van der Waals surface area contributed by atoms with Gasteiger partial charge in [-0.2, -0.15) is 0 Å². The zero-order chi connectivity index (χ0) is 21.9. The number of fused-ring (bicyclic) bond motifs is 1. The Balaban J connectivity index is 1.27. The highest BCUT2D eigenvalue weighted by Gasteiger charge is 2.32.